The third-order valence-corrected chi connectivity index (χ3v) is 14.0. The average Bonchev–Trinajstić information content (AvgIpc) is 3.67. The molecule has 0 radical (unpaired) electrons. The number of aromatic nitrogens is 2. The van der Waals surface area contributed by atoms with Crippen molar-refractivity contribution in [3.63, 3.8) is 0 Å². The molecule has 4 aliphatic heterocycles. The fraction of sp³-hybridized carbons (Fsp3) is 0.591. The number of hydrogen-bond acceptors (Lipinski definition) is 8. The smallest absolute Gasteiger partial charge is 0.329 e. The van der Waals surface area contributed by atoms with Crippen molar-refractivity contribution in [2.75, 3.05) is 32.7 Å². The van der Waals surface area contributed by atoms with Crippen LogP contribution in [0.4, 0.5) is 0 Å². The molecule has 5 fully saturated rings. The molecule has 6 atom stereocenters. The lowest BCUT2D eigenvalue weighted by Crippen LogP contribution is -2.58. The van der Waals surface area contributed by atoms with E-state index in [2.05, 4.69) is 34.5 Å². The molecule has 5 aliphatic rings. The molecule has 57 heavy (non-hydrogen) atoms. The monoisotopic (exact) mass is 776 g/mol. The number of benzene rings is 2. The number of nitriles is 1. The van der Waals surface area contributed by atoms with E-state index in [9.17, 15) is 24.4 Å². The summed E-state index contributed by atoms with van der Waals surface area (Å²) in [6, 6.07) is 16.6. The summed E-state index contributed by atoms with van der Waals surface area (Å²) < 4.78 is 3.10. The van der Waals surface area contributed by atoms with Crippen LogP contribution in [0, 0.1) is 34.5 Å². The molecule has 0 bridgehead atoms. The summed E-state index contributed by atoms with van der Waals surface area (Å²) in [4.78, 5) is 73.0. The predicted molar refractivity (Wildman–Crippen MR) is 214 cm³/mol. The Hall–Kier alpha value is -4.80. The van der Waals surface area contributed by atoms with Crippen LogP contribution in [0.5, 0.6) is 0 Å². The molecule has 1 aliphatic carbocycles. The first kappa shape index (κ1) is 39.0. The zero-order valence-electron chi connectivity index (χ0n) is 33.7. The number of nitrogens with one attached hydrogen (secondary N) is 1. The van der Waals surface area contributed by atoms with Gasteiger partial charge in [-0.1, -0.05) is 57.2 Å². The predicted octanol–water partition coefficient (Wildman–Crippen LogP) is 3.46. The van der Waals surface area contributed by atoms with E-state index in [1.165, 1.54) is 4.57 Å². The highest BCUT2D eigenvalue weighted by molar-refractivity contribution is 6.00. The Morgan fingerprint density at radius 1 is 0.982 bits per heavy atom. The number of piperidine rings is 2. The molecule has 1 aromatic heterocycles. The minimum absolute atomic E-state index is 0.0331. The van der Waals surface area contributed by atoms with Gasteiger partial charge in [0.05, 0.1) is 34.6 Å². The number of rotatable bonds is 8. The molecule has 1 unspecified atom stereocenters. The van der Waals surface area contributed by atoms with E-state index >= 15 is 4.79 Å². The van der Waals surface area contributed by atoms with Gasteiger partial charge in [-0.05, 0) is 92.6 Å². The van der Waals surface area contributed by atoms with Gasteiger partial charge in [0, 0.05) is 44.9 Å². The molecule has 3 N–H and O–H groups in total. The summed E-state index contributed by atoms with van der Waals surface area (Å²) in [5.74, 6) is -0.933. The van der Waals surface area contributed by atoms with E-state index in [1.54, 1.807) is 16.5 Å². The lowest BCUT2D eigenvalue weighted by Gasteiger charge is -2.39. The zero-order valence-corrected chi connectivity index (χ0v) is 33.7. The molecule has 3 aromatic rings. The Morgan fingerprint density at radius 2 is 1.70 bits per heavy atom. The standard InChI is InChI=1S/C44H56N8O5/c1-43(2,3)38(46)41(56)50-21-16-30(37(50)40(55)51-26-31(29-8-6-5-7-9-29)32(24-45)44(51)17-18-44)25-49-19-14-27(15-20-49)22-28-10-11-33-35(23-28)48(4)42(57)52(33)34-12-13-36(53)47-39(34)54/h5-11,23,27,30-32,34,37-38H,12-22,25-26,46H2,1-4H3,(H,47,53,54)/t30-,31+,32+,34?,37-,38+/m0/s1. The van der Waals surface area contributed by atoms with Crippen molar-refractivity contribution in [1.82, 2.24) is 29.2 Å². The van der Waals surface area contributed by atoms with Gasteiger partial charge in [-0.15, -0.1) is 0 Å². The molecule has 2 aromatic carbocycles. The van der Waals surface area contributed by atoms with Crippen LogP contribution >= 0.6 is 0 Å². The van der Waals surface area contributed by atoms with Crippen LogP contribution in [0.3, 0.4) is 0 Å². The third-order valence-electron chi connectivity index (χ3n) is 14.0. The van der Waals surface area contributed by atoms with E-state index in [0.717, 1.165) is 68.3 Å². The Bertz CT molecular complexity index is 2170. The van der Waals surface area contributed by atoms with Crippen molar-refractivity contribution in [2.45, 2.75) is 102 Å². The highest BCUT2D eigenvalue weighted by Crippen LogP contribution is 2.58. The fourth-order valence-corrected chi connectivity index (χ4v) is 10.4. The highest BCUT2D eigenvalue weighted by Gasteiger charge is 2.65. The van der Waals surface area contributed by atoms with Gasteiger partial charge in [0.1, 0.15) is 12.1 Å². The molecular formula is C44H56N8O5. The second-order valence-electron chi connectivity index (χ2n) is 18.5. The summed E-state index contributed by atoms with van der Waals surface area (Å²) >= 11 is 0. The molecule has 13 nitrogen and oxygen atoms in total. The van der Waals surface area contributed by atoms with Gasteiger partial charge in [-0.25, -0.2) is 4.79 Å². The molecular weight excluding hydrogens is 721 g/mol. The first-order chi connectivity index (χ1) is 27.2. The number of carbonyl (C=O) groups is 4. The first-order valence-corrected chi connectivity index (χ1v) is 20.8. The first-order valence-electron chi connectivity index (χ1n) is 20.8. The van der Waals surface area contributed by atoms with E-state index in [4.69, 9.17) is 5.73 Å². The Morgan fingerprint density at radius 3 is 2.35 bits per heavy atom. The Kier molecular flexibility index (Phi) is 10.2. The van der Waals surface area contributed by atoms with Crippen LogP contribution < -0.4 is 16.7 Å². The van der Waals surface area contributed by atoms with E-state index in [0.29, 0.717) is 37.5 Å². The lowest BCUT2D eigenvalue weighted by molar-refractivity contribution is -0.148. The topological polar surface area (TPSA) is 167 Å². The van der Waals surface area contributed by atoms with Gasteiger partial charge < -0.3 is 20.4 Å². The molecule has 302 valence electrons. The Labute approximate surface area is 334 Å². The van der Waals surface area contributed by atoms with Gasteiger partial charge >= 0.3 is 5.69 Å². The number of fused-ring (bicyclic) bond motifs is 1. The summed E-state index contributed by atoms with van der Waals surface area (Å²) in [5.41, 5.74) is 9.03. The van der Waals surface area contributed by atoms with Crippen molar-refractivity contribution >= 4 is 34.7 Å². The normalized spacial score (nSPS) is 27.2. The van der Waals surface area contributed by atoms with Crippen molar-refractivity contribution in [3.05, 3.63) is 70.1 Å². The maximum absolute atomic E-state index is 15.0. The van der Waals surface area contributed by atoms with Crippen LogP contribution in [0.15, 0.2) is 53.3 Å². The molecule has 5 heterocycles. The number of nitrogens with two attached hydrogens (primary N) is 1. The quantitative estimate of drug-likeness (QED) is 0.329. The van der Waals surface area contributed by atoms with Crippen molar-refractivity contribution < 1.29 is 19.2 Å². The van der Waals surface area contributed by atoms with Gasteiger partial charge in [-0.2, -0.15) is 5.26 Å². The molecule has 4 saturated heterocycles. The number of amides is 4. The molecule has 1 saturated carbocycles. The summed E-state index contributed by atoms with van der Waals surface area (Å²) in [6.07, 6.45) is 5.65. The second-order valence-corrected chi connectivity index (χ2v) is 18.5. The van der Waals surface area contributed by atoms with Crippen LogP contribution in [-0.2, 0) is 32.6 Å². The number of nitrogens with zero attached hydrogens (tertiary/aromatic N) is 6. The number of imide groups is 1. The number of likely N-dealkylation sites (tertiary alicyclic amines) is 3. The Balaban J connectivity index is 0.964. The van der Waals surface area contributed by atoms with Crippen molar-refractivity contribution in [1.29, 1.82) is 5.26 Å². The van der Waals surface area contributed by atoms with E-state index in [1.807, 2.05) is 56.0 Å². The van der Waals surface area contributed by atoms with Crippen molar-refractivity contribution in [3.8, 4) is 6.07 Å². The number of aryl methyl sites for hydroxylation is 1. The minimum Gasteiger partial charge on any atom is -0.333 e. The largest absolute Gasteiger partial charge is 0.333 e. The maximum atomic E-state index is 15.0. The third kappa shape index (κ3) is 6.99. The summed E-state index contributed by atoms with van der Waals surface area (Å²) in [6.45, 7) is 9.32. The van der Waals surface area contributed by atoms with Crippen molar-refractivity contribution in [2.24, 2.45) is 36.0 Å². The van der Waals surface area contributed by atoms with E-state index < -0.39 is 35.0 Å². The summed E-state index contributed by atoms with van der Waals surface area (Å²) in [7, 11) is 1.72. The molecule has 13 heteroatoms. The number of imidazole rings is 1. The lowest BCUT2D eigenvalue weighted by atomic mass is 9.85. The van der Waals surface area contributed by atoms with Crippen LogP contribution in [0.1, 0.15) is 88.8 Å². The summed E-state index contributed by atoms with van der Waals surface area (Å²) in [5, 5.41) is 12.8. The number of hydrogen-bond donors (Lipinski definition) is 2. The second kappa shape index (κ2) is 14.9. The molecule has 4 amide bonds. The van der Waals surface area contributed by atoms with Crippen LogP contribution in [0.25, 0.3) is 11.0 Å². The number of carbonyl (C=O) groups excluding carboxylic acids is 4. The fourth-order valence-electron chi connectivity index (χ4n) is 10.4. The zero-order chi connectivity index (χ0) is 40.4. The minimum atomic E-state index is -0.739. The average molecular weight is 777 g/mol. The van der Waals surface area contributed by atoms with Crippen LogP contribution in [0.2, 0.25) is 0 Å². The van der Waals surface area contributed by atoms with E-state index in [-0.39, 0.29) is 47.6 Å². The van der Waals surface area contributed by atoms with Gasteiger partial charge in [0.25, 0.3) is 0 Å². The van der Waals surface area contributed by atoms with Crippen LogP contribution in [-0.4, -0.2) is 97.8 Å². The maximum Gasteiger partial charge on any atom is 0.329 e. The van der Waals surface area contributed by atoms with Gasteiger partial charge in [-0.3, -0.25) is 33.6 Å². The SMILES string of the molecule is Cn1c(=O)n(C2CCC(=O)NC2=O)c2ccc(CC3CCN(C[C@@H]4CCN(C(=O)[C@@H](N)C(C)(C)C)[C@@H]4C(=O)N4C[C@H](c5ccccc5)[C@@H](C#N)C45CC5)CC3)cc21. The molecule has 1 spiro atoms. The highest BCUT2D eigenvalue weighted by atomic mass is 16.2. The van der Waals surface area contributed by atoms with Gasteiger partial charge in [0.2, 0.25) is 23.6 Å². The van der Waals surface area contributed by atoms with Gasteiger partial charge in [0.15, 0.2) is 0 Å². The molecule has 8 rings (SSSR count).